The van der Waals surface area contributed by atoms with E-state index in [1.807, 2.05) is 55.7 Å². The van der Waals surface area contributed by atoms with Gasteiger partial charge in [-0.2, -0.15) is 0 Å². The number of rotatable bonds is 3. The molecule has 3 aromatic carbocycles. The molecular weight excluding hydrogens is 713 g/mol. The molecule has 1 radical (unpaired) electrons. The molecule has 7 aromatic rings. The molecule has 0 saturated carbocycles. The van der Waals surface area contributed by atoms with Gasteiger partial charge in [0.05, 0.1) is 5.58 Å². The summed E-state index contributed by atoms with van der Waals surface area (Å²) in [6.45, 7) is 10.9. The van der Waals surface area contributed by atoms with E-state index in [-0.39, 0.29) is 25.5 Å². The van der Waals surface area contributed by atoms with E-state index in [1.165, 1.54) is 26.1 Å². The number of pyridine rings is 2. The number of benzene rings is 3. The Morgan fingerprint density at radius 3 is 2.36 bits per heavy atom. The van der Waals surface area contributed by atoms with Crippen molar-refractivity contribution in [1.29, 1.82) is 0 Å². The minimum absolute atomic E-state index is 0. The van der Waals surface area contributed by atoms with Crippen LogP contribution in [0.15, 0.2) is 95.7 Å². The molecule has 0 saturated heterocycles. The van der Waals surface area contributed by atoms with Gasteiger partial charge in [-0.15, -0.1) is 65.4 Å². The Balaban J connectivity index is 0.000000212. The third-order valence-electron chi connectivity index (χ3n) is 6.93. The summed E-state index contributed by atoms with van der Waals surface area (Å²) in [5, 5.41) is 3.47. The van der Waals surface area contributed by atoms with Crippen molar-refractivity contribution in [3.8, 4) is 22.5 Å². The van der Waals surface area contributed by atoms with Crippen LogP contribution in [0.4, 0.5) is 0 Å². The molecule has 0 atom stereocenters. The van der Waals surface area contributed by atoms with Crippen LogP contribution in [0.2, 0.25) is 0 Å². The molecule has 7 rings (SSSR count). The van der Waals surface area contributed by atoms with Crippen molar-refractivity contribution in [2.45, 2.75) is 41.0 Å². The molecule has 0 unspecified atom stereocenters. The Morgan fingerprint density at radius 1 is 0.786 bits per heavy atom. The van der Waals surface area contributed by atoms with Gasteiger partial charge in [-0.05, 0) is 60.8 Å². The number of aromatic nitrogens is 2. The number of fused-ring (bicyclic) bond motifs is 5. The van der Waals surface area contributed by atoms with E-state index in [9.17, 15) is 0 Å². The quantitative estimate of drug-likeness (QED) is 0.169. The van der Waals surface area contributed by atoms with Crippen LogP contribution in [0, 0.1) is 31.4 Å². The molecule has 0 amide bonds. The fourth-order valence-corrected chi connectivity index (χ4v) is 6.06. The van der Waals surface area contributed by atoms with Crippen molar-refractivity contribution in [2.24, 2.45) is 5.41 Å². The minimum atomic E-state index is 0. The van der Waals surface area contributed by atoms with E-state index in [0.717, 1.165) is 50.9 Å². The van der Waals surface area contributed by atoms with Crippen molar-refractivity contribution in [3.05, 3.63) is 119 Å². The van der Waals surface area contributed by atoms with Crippen LogP contribution in [0.5, 0.6) is 0 Å². The number of aryl methyl sites for hydroxylation is 2. The zero-order valence-corrected chi connectivity index (χ0v) is 27.6. The Kier molecular flexibility index (Phi) is 8.75. The van der Waals surface area contributed by atoms with Crippen molar-refractivity contribution in [3.63, 3.8) is 0 Å². The van der Waals surface area contributed by atoms with Crippen LogP contribution < -0.4 is 0 Å². The van der Waals surface area contributed by atoms with Gasteiger partial charge in [0.25, 0.3) is 0 Å². The van der Waals surface area contributed by atoms with Crippen molar-refractivity contribution in [2.75, 3.05) is 0 Å². The maximum atomic E-state index is 6.44. The molecule has 0 spiro atoms. The van der Waals surface area contributed by atoms with Gasteiger partial charge in [-0.1, -0.05) is 61.5 Å². The van der Waals surface area contributed by atoms with Crippen molar-refractivity contribution in [1.82, 2.24) is 9.97 Å². The van der Waals surface area contributed by atoms with E-state index >= 15 is 0 Å². The van der Waals surface area contributed by atoms with E-state index in [1.54, 1.807) is 11.3 Å². The van der Waals surface area contributed by atoms with Gasteiger partial charge in [-0.3, -0.25) is 0 Å². The number of nitrogens with zero attached hydrogens (tertiary/aromatic N) is 2. The zero-order chi connectivity index (χ0) is 28.6. The standard InChI is InChI=1S/C25H22NOS.C12H10N.Ir/c1-15-12-20-22(28-15)9-8-18-17-6-5-7-19(23(17)27-24(18)20)21-13-16(10-11-26-21)14-25(2,3)4;1-10-7-8-12(13-9-10)11-5-3-2-4-6-11;/h5-6,8-13H,14H2,1-4H3;2-5,7-9H,1H3;/q2*-1;. The third kappa shape index (κ3) is 6.39. The molecule has 0 bridgehead atoms. The largest absolute Gasteiger partial charge is 0.500 e. The van der Waals surface area contributed by atoms with E-state index in [2.05, 4.69) is 92.3 Å². The van der Waals surface area contributed by atoms with Crippen LogP contribution in [-0.4, -0.2) is 9.97 Å². The van der Waals surface area contributed by atoms with Gasteiger partial charge in [0.1, 0.15) is 5.58 Å². The van der Waals surface area contributed by atoms with E-state index < -0.39 is 0 Å². The second-order valence-electron chi connectivity index (χ2n) is 11.7. The van der Waals surface area contributed by atoms with E-state index in [4.69, 9.17) is 4.42 Å². The van der Waals surface area contributed by atoms with Crippen LogP contribution in [0.3, 0.4) is 0 Å². The summed E-state index contributed by atoms with van der Waals surface area (Å²) in [5.41, 5.74) is 8.41. The number of thiophene rings is 1. The number of hydrogen-bond donors (Lipinski definition) is 0. The topological polar surface area (TPSA) is 38.9 Å². The Hall–Kier alpha value is -3.63. The van der Waals surface area contributed by atoms with Gasteiger partial charge < -0.3 is 14.4 Å². The summed E-state index contributed by atoms with van der Waals surface area (Å²) >= 11 is 1.80. The van der Waals surface area contributed by atoms with Gasteiger partial charge in [0.15, 0.2) is 0 Å². The summed E-state index contributed by atoms with van der Waals surface area (Å²) in [5.74, 6) is 0. The van der Waals surface area contributed by atoms with E-state index in [0.29, 0.717) is 0 Å². The maximum Gasteiger partial charge on any atom is 0.129 e. The van der Waals surface area contributed by atoms with Gasteiger partial charge in [0.2, 0.25) is 0 Å². The molecule has 213 valence electrons. The Bertz CT molecular complexity index is 1970. The summed E-state index contributed by atoms with van der Waals surface area (Å²) in [4.78, 5) is 10.3. The predicted molar refractivity (Wildman–Crippen MR) is 172 cm³/mol. The van der Waals surface area contributed by atoms with Gasteiger partial charge in [0, 0.05) is 52.8 Å². The molecular formula is C37H32IrN2OS-2. The molecule has 0 aliphatic carbocycles. The summed E-state index contributed by atoms with van der Waals surface area (Å²) in [7, 11) is 0. The molecule has 0 aliphatic rings. The average molecular weight is 745 g/mol. The molecule has 5 heteroatoms. The molecule has 4 heterocycles. The molecule has 0 fully saturated rings. The first-order valence-electron chi connectivity index (χ1n) is 13.9. The Morgan fingerprint density at radius 2 is 1.62 bits per heavy atom. The average Bonchev–Trinajstić information content (AvgIpc) is 3.53. The summed E-state index contributed by atoms with van der Waals surface area (Å²) in [6.07, 6.45) is 4.77. The SMILES string of the molecule is Cc1cc2c(ccc3c4cc[c-]c(-c5cc(CC(C)(C)C)ccn5)c4oc23)s1.Cc1ccc(-c2[c-]cccc2)nc1.[Ir]. The van der Waals surface area contributed by atoms with Crippen LogP contribution >= 0.6 is 11.3 Å². The summed E-state index contributed by atoms with van der Waals surface area (Å²) < 4.78 is 7.70. The maximum absolute atomic E-state index is 6.44. The molecule has 3 nitrogen and oxygen atoms in total. The first-order chi connectivity index (χ1) is 19.7. The molecule has 42 heavy (non-hydrogen) atoms. The fraction of sp³-hybridized carbons (Fsp3) is 0.189. The molecule has 0 N–H and O–H groups in total. The van der Waals surface area contributed by atoms with Gasteiger partial charge in [-0.25, -0.2) is 0 Å². The second-order valence-corrected chi connectivity index (χ2v) is 13.0. The number of hydrogen-bond acceptors (Lipinski definition) is 4. The van der Waals surface area contributed by atoms with Crippen molar-refractivity contribution < 1.29 is 24.5 Å². The first-order valence-corrected chi connectivity index (χ1v) is 14.7. The Labute approximate surface area is 265 Å². The monoisotopic (exact) mass is 745 g/mol. The summed E-state index contributed by atoms with van der Waals surface area (Å²) in [6, 6.07) is 33.4. The third-order valence-corrected chi connectivity index (χ3v) is 7.95. The van der Waals surface area contributed by atoms with Crippen LogP contribution in [0.1, 0.15) is 36.8 Å². The minimum Gasteiger partial charge on any atom is -0.500 e. The normalized spacial score (nSPS) is 11.4. The van der Waals surface area contributed by atoms with Crippen LogP contribution in [-0.2, 0) is 26.5 Å². The number of furan rings is 1. The molecule has 4 aromatic heterocycles. The molecule has 0 aliphatic heterocycles. The predicted octanol–water partition coefficient (Wildman–Crippen LogP) is 10.4. The van der Waals surface area contributed by atoms with Crippen molar-refractivity contribution >= 4 is 43.4 Å². The first kappa shape index (κ1) is 29.8. The zero-order valence-electron chi connectivity index (χ0n) is 24.4. The fourth-order valence-electron chi connectivity index (χ4n) is 5.14. The van der Waals surface area contributed by atoms with Crippen LogP contribution in [0.25, 0.3) is 54.5 Å². The van der Waals surface area contributed by atoms with Gasteiger partial charge >= 0.3 is 0 Å². The second kappa shape index (κ2) is 12.3. The smallest absolute Gasteiger partial charge is 0.129 e.